The van der Waals surface area contributed by atoms with Crippen LogP contribution in [0.15, 0.2) is 54.6 Å². The van der Waals surface area contributed by atoms with Crippen molar-refractivity contribution >= 4 is 5.82 Å². The molecule has 0 spiro atoms. The Morgan fingerprint density at radius 1 is 1.36 bits per heavy atom. The Morgan fingerprint density at radius 3 is 2.32 bits per heavy atom. The average Bonchev–Trinajstić information content (AvgIpc) is 2.93. The smallest absolute Gasteiger partial charge is 0.155 e. The van der Waals surface area contributed by atoms with Crippen LogP contribution in [0.5, 0.6) is 0 Å². The van der Waals surface area contributed by atoms with E-state index in [1.165, 1.54) is 12.5 Å². The molecule has 0 saturated carbocycles. The number of nitrogens with zero attached hydrogens (tertiary/aromatic N) is 2. The van der Waals surface area contributed by atoms with Crippen molar-refractivity contribution in [2.75, 3.05) is 5.73 Å². The van der Waals surface area contributed by atoms with Gasteiger partial charge in [-0.2, -0.15) is 10.4 Å². The maximum Gasteiger partial charge on any atom is 0.155 e. The minimum absolute atomic E-state index is 0.0810. The molecule has 1 aromatic heterocycles. The predicted molar refractivity (Wildman–Crippen MR) is 87.6 cm³/mol. The van der Waals surface area contributed by atoms with Crippen molar-refractivity contribution in [3.63, 3.8) is 0 Å². The van der Waals surface area contributed by atoms with Gasteiger partial charge in [0.2, 0.25) is 0 Å². The molecular formula is C17H19FN4. The van der Waals surface area contributed by atoms with E-state index in [0.29, 0.717) is 11.4 Å². The number of alkyl halides is 1. The maximum atomic E-state index is 12.5. The molecule has 0 aliphatic rings. The van der Waals surface area contributed by atoms with E-state index in [1.807, 2.05) is 18.2 Å². The number of benzene rings is 1. The number of nitrogens with one attached hydrogen (secondary N) is 1. The summed E-state index contributed by atoms with van der Waals surface area (Å²) in [6.07, 6.45) is -1.37. The number of hydrogen-bond acceptors (Lipinski definition) is 3. The first-order chi connectivity index (χ1) is 10.3. The minimum Gasteiger partial charge on any atom is -0.382 e. The lowest BCUT2D eigenvalue weighted by molar-refractivity contribution is 0.440. The number of H-pyrrole nitrogens is 1. The van der Waals surface area contributed by atoms with E-state index >= 15 is 0 Å². The van der Waals surface area contributed by atoms with E-state index in [9.17, 15) is 4.39 Å². The second-order valence-corrected chi connectivity index (χ2v) is 4.92. The first-order valence-corrected chi connectivity index (χ1v) is 6.61. The van der Waals surface area contributed by atoms with Crippen molar-refractivity contribution in [3.05, 3.63) is 60.2 Å². The molecule has 0 bridgehead atoms. The lowest BCUT2D eigenvalue weighted by Crippen LogP contribution is -2.01. The first kappa shape index (κ1) is 17.2. The molecule has 2 rings (SSSR count). The standard InChI is InChI=1S/C10H11N3.C7H8FN/c1-7-2-4-8(5-3-7)9-6-10(11)13-12-9;1-5(2)7(8)6(3)4-9/h2-6H,1H3,(H3,11,12,13);7H,1,3H2,2H3. The number of anilines is 1. The summed E-state index contributed by atoms with van der Waals surface area (Å²) < 4.78 is 12.5. The van der Waals surface area contributed by atoms with Gasteiger partial charge in [-0.25, -0.2) is 4.39 Å². The van der Waals surface area contributed by atoms with Crippen molar-refractivity contribution in [2.24, 2.45) is 0 Å². The minimum atomic E-state index is -1.37. The van der Waals surface area contributed by atoms with Gasteiger partial charge in [0.1, 0.15) is 5.82 Å². The third-order valence-electron chi connectivity index (χ3n) is 2.84. The van der Waals surface area contributed by atoms with Gasteiger partial charge in [0.15, 0.2) is 6.17 Å². The average molecular weight is 298 g/mol. The zero-order valence-electron chi connectivity index (χ0n) is 12.7. The zero-order valence-corrected chi connectivity index (χ0v) is 12.7. The quantitative estimate of drug-likeness (QED) is 0.665. The van der Waals surface area contributed by atoms with Crippen LogP contribution in [-0.4, -0.2) is 16.4 Å². The molecule has 0 fully saturated rings. The molecule has 0 saturated heterocycles. The SMILES string of the molecule is C=C(C)C(F)C(=C)C#N.Cc1ccc(-c2cc(N)n[nH]2)cc1. The van der Waals surface area contributed by atoms with Gasteiger partial charge < -0.3 is 5.73 Å². The molecule has 1 aromatic carbocycles. The Labute approximate surface area is 129 Å². The van der Waals surface area contributed by atoms with Gasteiger partial charge in [-0.1, -0.05) is 43.0 Å². The first-order valence-electron chi connectivity index (χ1n) is 6.61. The zero-order chi connectivity index (χ0) is 16.7. The molecule has 5 heteroatoms. The second kappa shape index (κ2) is 7.79. The number of nitrogens with two attached hydrogens (primary N) is 1. The Balaban J connectivity index is 0.000000239. The number of nitrogen functional groups attached to an aromatic ring is 1. The molecule has 0 aliphatic carbocycles. The van der Waals surface area contributed by atoms with E-state index in [4.69, 9.17) is 11.0 Å². The third-order valence-corrected chi connectivity index (χ3v) is 2.84. The van der Waals surface area contributed by atoms with Crippen molar-refractivity contribution in [2.45, 2.75) is 20.0 Å². The lowest BCUT2D eigenvalue weighted by Gasteiger charge is -2.01. The number of nitriles is 1. The Hall–Kier alpha value is -2.87. The Bertz CT molecular complexity index is 692. The molecule has 22 heavy (non-hydrogen) atoms. The van der Waals surface area contributed by atoms with Crippen molar-refractivity contribution in [1.29, 1.82) is 5.26 Å². The summed E-state index contributed by atoms with van der Waals surface area (Å²) in [4.78, 5) is 0. The Kier molecular flexibility index (Phi) is 6.09. The molecule has 0 radical (unpaired) electrons. The predicted octanol–water partition coefficient (Wildman–Crippen LogP) is 3.95. The highest BCUT2D eigenvalue weighted by Gasteiger charge is 2.09. The monoisotopic (exact) mass is 298 g/mol. The van der Waals surface area contributed by atoms with Crippen molar-refractivity contribution < 1.29 is 4.39 Å². The molecule has 0 aliphatic heterocycles. The summed E-state index contributed by atoms with van der Waals surface area (Å²) in [5.74, 6) is 0.524. The topological polar surface area (TPSA) is 78.5 Å². The van der Waals surface area contributed by atoms with Crippen molar-refractivity contribution in [1.82, 2.24) is 10.2 Å². The molecule has 2 aromatic rings. The number of aromatic amines is 1. The highest BCUT2D eigenvalue weighted by atomic mass is 19.1. The van der Waals surface area contributed by atoms with Crippen molar-refractivity contribution in [3.8, 4) is 17.3 Å². The van der Waals surface area contributed by atoms with Gasteiger partial charge in [-0.05, 0) is 25.0 Å². The highest BCUT2D eigenvalue weighted by Crippen LogP contribution is 2.18. The van der Waals surface area contributed by atoms with E-state index in [1.54, 1.807) is 6.07 Å². The van der Waals surface area contributed by atoms with Crippen LogP contribution >= 0.6 is 0 Å². The van der Waals surface area contributed by atoms with Gasteiger partial charge in [0.25, 0.3) is 0 Å². The van der Waals surface area contributed by atoms with Crippen LogP contribution in [0.4, 0.5) is 10.2 Å². The summed E-state index contributed by atoms with van der Waals surface area (Å²) in [6, 6.07) is 11.7. The largest absolute Gasteiger partial charge is 0.382 e. The van der Waals surface area contributed by atoms with Crippen LogP contribution in [-0.2, 0) is 0 Å². The molecule has 1 atom stereocenters. The number of aromatic nitrogens is 2. The molecule has 3 N–H and O–H groups in total. The van der Waals surface area contributed by atoms with E-state index < -0.39 is 6.17 Å². The molecule has 1 heterocycles. The number of rotatable bonds is 3. The van der Waals surface area contributed by atoms with E-state index in [2.05, 4.69) is 42.4 Å². The van der Waals surface area contributed by atoms with Crippen LogP contribution in [0.2, 0.25) is 0 Å². The van der Waals surface area contributed by atoms with Gasteiger partial charge in [-0.15, -0.1) is 0 Å². The van der Waals surface area contributed by atoms with Gasteiger partial charge in [0, 0.05) is 6.07 Å². The number of halogens is 1. The number of allylic oxidation sites excluding steroid dienone is 2. The van der Waals surface area contributed by atoms with Crippen LogP contribution in [0, 0.1) is 18.3 Å². The molecule has 1 unspecified atom stereocenters. The fourth-order valence-corrected chi connectivity index (χ4v) is 1.57. The molecule has 0 amide bonds. The summed E-state index contributed by atoms with van der Waals surface area (Å²) >= 11 is 0. The summed E-state index contributed by atoms with van der Waals surface area (Å²) in [5.41, 5.74) is 9.05. The van der Waals surface area contributed by atoms with Crippen LogP contribution in [0.1, 0.15) is 12.5 Å². The number of aryl methyl sites for hydroxylation is 1. The Morgan fingerprint density at radius 2 is 1.95 bits per heavy atom. The normalized spacial score (nSPS) is 10.8. The van der Waals surface area contributed by atoms with Crippen LogP contribution in [0.25, 0.3) is 11.3 Å². The number of hydrogen-bond donors (Lipinski definition) is 2. The van der Waals surface area contributed by atoms with E-state index in [0.717, 1.165) is 11.3 Å². The molecule has 114 valence electrons. The van der Waals surface area contributed by atoms with E-state index in [-0.39, 0.29) is 5.57 Å². The summed E-state index contributed by atoms with van der Waals surface area (Å²) in [6.45, 7) is 10.1. The summed E-state index contributed by atoms with van der Waals surface area (Å²) in [7, 11) is 0. The van der Waals surface area contributed by atoms with Gasteiger partial charge >= 0.3 is 0 Å². The summed E-state index contributed by atoms with van der Waals surface area (Å²) in [5, 5.41) is 14.9. The molecule has 4 nitrogen and oxygen atoms in total. The second-order valence-electron chi connectivity index (χ2n) is 4.92. The molecular weight excluding hydrogens is 279 g/mol. The highest BCUT2D eigenvalue weighted by molar-refractivity contribution is 5.62. The fourth-order valence-electron chi connectivity index (χ4n) is 1.57. The maximum absolute atomic E-state index is 12.5. The van der Waals surface area contributed by atoms with Gasteiger partial charge in [0.05, 0.1) is 17.3 Å². The lowest BCUT2D eigenvalue weighted by atomic mass is 10.1. The van der Waals surface area contributed by atoms with Gasteiger partial charge in [-0.3, -0.25) is 5.10 Å². The van der Waals surface area contributed by atoms with Crippen LogP contribution in [0.3, 0.4) is 0 Å². The third kappa shape index (κ3) is 4.91. The fraction of sp³-hybridized carbons (Fsp3) is 0.176. The van der Waals surface area contributed by atoms with Crippen LogP contribution < -0.4 is 5.73 Å².